The summed E-state index contributed by atoms with van der Waals surface area (Å²) in [5, 5.41) is 8.85. The summed E-state index contributed by atoms with van der Waals surface area (Å²) in [6.45, 7) is 4.10. The van der Waals surface area contributed by atoms with E-state index in [0.717, 1.165) is 17.5 Å². The van der Waals surface area contributed by atoms with Gasteiger partial charge in [0.05, 0.1) is 17.1 Å². The van der Waals surface area contributed by atoms with Crippen LogP contribution in [0, 0.1) is 5.92 Å². The van der Waals surface area contributed by atoms with Gasteiger partial charge in [0.2, 0.25) is 5.91 Å². The fraction of sp³-hybridized carbons (Fsp3) is 0.389. The minimum atomic E-state index is -0.671. The number of H-pyrrole nitrogens is 3. The number of nitrogens with one attached hydrogen (secondary N) is 4. The van der Waals surface area contributed by atoms with Crippen molar-refractivity contribution < 1.29 is 4.79 Å². The molecule has 3 aromatic rings. The second-order valence-electron chi connectivity index (χ2n) is 6.52. The van der Waals surface area contributed by atoms with Crippen molar-refractivity contribution in [3.63, 3.8) is 0 Å². The van der Waals surface area contributed by atoms with Gasteiger partial charge in [-0.1, -0.05) is 32.4 Å². The van der Waals surface area contributed by atoms with Gasteiger partial charge < -0.3 is 10.3 Å². The molecule has 0 fully saturated rings. The van der Waals surface area contributed by atoms with E-state index in [4.69, 9.17) is 0 Å². The van der Waals surface area contributed by atoms with E-state index in [1.165, 1.54) is 0 Å². The van der Waals surface area contributed by atoms with Crippen LogP contribution in [-0.4, -0.2) is 31.1 Å². The number of aryl methyl sites for hydroxylation is 1. The van der Waals surface area contributed by atoms with Crippen molar-refractivity contribution in [3.05, 3.63) is 56.6 Å². The molecule has 9 nitrogen and oxygen atoms in total. The van der Waals surface area contributed by atoms with Crippen molar-refractivity contribution in [1.29, 1.82) is 0 Å². The summed E-state index contributed by atoms with van der Waals surface area (Å²) in [5.74, 6) is 0.663. The molecule has 0 aliphatic carbocycles. The molecule has 0 aliphatic rings. The predicted molar refractivity (Wildman–Crippen MR) is 100 cm³/mol. The molecular weight excluding hydrogens is 348 g/mol. The first-order valence-electron chi connectivity index (χ1n) is 8.89. The lowest BCUT2D eigenvalue weighted by Gasteiger charge is -2.22. The van der Waals surface area contributed by atoms with Crippen LogP contribution >= 0.6 is 0 Å². The smallest absolute Gasteiger partial charge is 0.342 e. The standard InChI is InChI=1S/C18H22N6O3/c1-3-10(2)15(16-19-11-6-4-5-7-12(11)20-16)21-14(25)9-8-13-17(26)22-18(27)24-23-13/h4-7,10,15H,3,8-9H2,1-2H3,(H,19,20)(H,21,25)(H2,22,24,26,27)/t10-,15+/m1/s1. The first-order valence-corrected chi connectivity index (χ1v) is 8.89. The van der Waals surface area contributed by atoms with Crippen molar-refractivity contribution >= 4 is 16.9 Å². The van der Waals surface area contributed by atoms with Gasteiger partial charge in [-0.25, -0.2) is 14.9 Å². The Hall–Kier alpha value is -3.23. The molecular formula is C18H22N6O3. The molecule has 2 aromatic heterocycles. The van der Waals surface area contributed by atoms with E-state index in [1.807, 2.05) is 31.2 Å². The molecule has 142 valence electrons. The summed E-state index contributed by atoms with van der Waals surface area (Å²) in [7, 11) is 0. The number of benzene rings is 1. The van der Waals surface area contributed by atoms with Crippen LogP contribution in [0.2, 0.25) is 0 Å². The largest absolute Gasteiger partial charge is 0.346 e. The van der Waals surface area contributed by atoms with E-state index in [9.17, 15) is 14.4 Å². The minimum Gasteiger partial charge on any atom is -0.346 e. The maximum Gasteiger partial charge on any atom is 0.342 e. The number of aromatic amines is 3. The summed E-state index contributed by atoms with van der Waals surface area (Å²) in [6, 6.07) is 7.43. The van der Waals surface area contributed by atoms with Gasteiger partial charge in [0, 0.05) is 12.8 Å². The molecule has 0 aliphatic heterocycles. The van der Waals surface area contributed by atoms with Gasteiger partial charge in [0.1, 0.15) is 11.5 Å². The van der Waals surface area contributed by atoms with E-state index in [0.29, 0.717) is 5.82 Å². The van der Waals surface area contributed by atoms with Gasteiger partial charge in [-0.05, 0) is 18.1 Å². The SMILES string of the molecule is CC[C@@H](C)[C@H](NC(=O)CCc1n[nH]c(=O)[nH]c1=O)c1nc2ccccc2[nH]1. The number of hydrogen-bond donors (Lipinski definition) is 4. The molecule has 1 aromatic carbocycles. The maximum atomic E-state index is 12.4. The van der Waals surface area contributed by atoms with Crippen LogP contribution in [0.25, 0.3) is 11.0 Å². The normalized spacial score (nSPS) is 13.4. The second kappa shape index (κ2) is 7.98. The van der Waals surface area contributed by atoms with Gasteiger partial charge in [-0.2, -0.15) is 5.10 Å². The Balaban J connectivity index is 1.73. The maximum absolute atomic E-state index is 12.4. The minimum absolute atomic E-state index is 0.0787. The Morgan fingerprint density at radius 1 is 1.22 bits per heavy atom. The zero-order chi connectivity index (χ0) is 19.4. The fourth-order valence-electron chi connectivity index (χ4n) is 2.85. The lowest BCUT2D eigenvalue weighted by atomic mass is 9.98. The van der Waals surface area contributed by atoms with Gasteiger partial charge >= 0.3 is 5.69 Å². The number of carbonyl (C=O) groups excluding carboxylic acids is 1. The van der Waals surface area contributed by atoms with E-state index >= 15 is 0 Å². The summed E-state index contributed by atoms with van der Waals surface area (Å²) in [4.78, 5) is 45.1. The third kappa shape index (κ3) is 4.30. The number of rotatable bonds is 7. The molecule has 3 rings (SSSR count). The molecule has 0 unspecified atom stereocenters. The molecule has 0 saturated carbocycles. The Morgan fingerprint density at radius 3 is 2.70 bits per heavy atom. The van der Waals surface area contributed by atoms with E-state index in [1.54, 1.807) is 0 Å². The van der Waals surface area contributed by atoms with Crippen LogP contribution in [0.15, 0.2) is 33.9 Å². The van der Waals surface area contributed by atoms with Crippen molar-refractivity contribution in [2.24, 2.45) is 5.92 Å². The summed E-state index contributed by atoms with van der Waals surface area (Å²) in [6.07, 6.45) is 1.07. The van der Waals surface area contributed by atoms with Gasteiger partial charge in [-0.3, -0.25) is 14.6 Å². The Morgan fingerprint density at radius 2 is 2.00 bits per heavy atom. The van der Waals surface area contributed by atoms with E-state index in [-0.39, 0.29) is 36.4 Å². The topological polar surface area (TPSA) is 136 Å². The number of para-hydroxylation sites is 2. The summed E-state index contributed by atoms with van der Waals surface area (Å²) >= 11 is 0. The Labute approximate surface area is 154 Å². The number of carbonyl (C=O) groups is 1. The van der Waals surface area contributed by atoms with E-state index in [2.05, 4.69) is 37.4 Å². The van der Waals surface area contributed by atoms with Crippen molar-refractivity contribution in [2.75, 3.05) is 0 Å². The highest BCUT2D eigenvalue weighted by Gasteiger charge is 2.23. The molecule has 2 atom stereocenters. The van der Waals surface area contributed by atoms with Crippen LogP contribution in [-0.2, 0) is 11.2 Å². The molecule has 0 radical (unpaired) electrons. The van der Waals surface area contributed by atoms with Gasteiger partial charge in [0.15, 0.2) is 0 Å². The summed E-state index contributed by atoms with van der Waals surface area (Å²) < 4.78 is 0. The highest BCUT2D eigenvalue weighted by atomic mass is 16.2. The quantitative estimate of drug-likeness (QED) is 0.495. The molecule has 1 amide bonds. The number of nitrogens with zero attached hydrogens (tertiary/aromatic N) is 2. The van der Waals surface area contributed by atoms with Crippen molar-refractivity contribution in [1.82, 2.24) is 30.5 Å². The first-order chi connectivity index (χ1) is 13.0. The van der Waals surface area contributed by atoms with Crippen LogP contribution < -0.4 is 16.6 Å². The van der Waals surface area contributed by atoms with Gasteiger partial charge in [-0.15, -0.1) is 0 Å². The molecule has 0 spiro atoms. The van der Waals surface area contributed by atoms with Crippen molar-refractivity contribution in [3.8, 4) is 0 Å². The highest BCUT2D eigenvalue weighted by molar-refractivity contribution is 5.77. The van der Waals surface area contributed by atoms with E-state index < -0.39 is 11.2 Å². The van der Waals surface area contributed by atoms with Crippen LogP contribution in [0.5, 0.6) is 0 Å². The first kappa shape index (κ1) is 18.6. The Kier molecular flexibility index (Phi) is 5.49. The second-order valence-corrected chi connectivity index (χ2v) is 6.52. The number of amides is 1. The summed E-state index contributed by atoms with van der Waals surface area (Å²) in [5.41, 5.74) is 0.629. The lowest BCUT2D eigenvalue weighted by Crippen LogP contribution is -2.34. The lowest BCUT2D eigenvalue weighted by molar-refractivity contribution is -0.122. The predicted octanol–water partition coefficient (Wildman–Crippen LogP) is 1.17. The fourth-order valence-corrected chi connectivity index (χ4v) is 2.85. The molecule has 0 saturated heterocycles. The zero-order valence-corrected chi connectivity index (χ0v) is 15.2. The third-order valence-electron chi connectivity index (χ3n) is 4.60. The highest BCUT2D eigenvalue weighted by Crippen LogP contribution is 2.24. The number of aromatic nitrogens is 5. The number of imidazole rings is 1. The molecule has 27 heavy (non-hydrogen) atoms. The molecule has 2 heterocycles. The molecule has 9 heteroatoms. The molecule has 0 bridgehead atoms. The number of hydrogen-bond acceptors (Lipinski definition) is 5. The van der Waals surface area contributed by atoms with Crippen LogP contribution in [0.1, 0.15) is 44.2 Å². The van der Waals surface area contributed by atoms with Crippen LogP contribution in [0.3, 0.4) is 0 Å². The van der Waals surface area contributed by atoms with Gasteiger partial charge in [0.25, 0.3) is 5.56 Å². The third-order valence-corrected chi connectivity index (χ3v) is 4.60. The van der Waals surface area contributed by atoms with Crippen molar-refractivity contribution in [2.45, 2.75) is 39.2 Å². The average molecular weight is 370 g/mol. The molecule has 4 N–H and O–H groups in total. The average Bonchev–Trinajstić information content (AvgIpc) is 3.08. The monoisotopic (exact) mass is 370 g/mol. The zero-order valence-electron chi connectivity index (χ0n) is 15.2. The van der Waals surface area contributed by atoms with Crippen LogP contribution in [0.4, 0.5) is 0 Å². The number of fused-ring (bicyclic) bond motifs is 1. The Bertz CT molecular complexity index is 1020.